The van der Waals surface area contributed by atoms with E-state index in [1.54, 1.807) is 6.07 Å². The number of H-pyrrole nitrogens is 3. The van der Waals surface area contributed by atoms with Crippen LogP contribution in [0.3, 0.4) is 0 Å². The van der Waals surface area contributed by atoms with Gasteiger partial charge < -0.3 is 20.0 Å². The number of carbonyl (C=O) groups excluding carboxylic acids is 1. The summed E-state index contributed by atoms with van der Waals surface area (Å²) >= 11 is 0. The summed E-state index contributed by atoms with van der Waals surface area (Å²) in [6, 6.07) is 39.5. The number of amides is 1. The Labute approximate surface area is 252 Å². The topological polar surface area (TPSA) is 98.6 Å². The van der Waals surface area contributed by atoms with Gasteiger partial charge in [-0.05, 0) is 61.5 Å². The Kier molecular flexibility index (Phi) is 6.01. The Hall–Kier alpha value is -6.08. The molecule has 0 aliphatic rings. The average Bonchev–Trinajstić information content (AvgIpc) is 3.75. The molecule has 5 aromatic carbocycles. The maximum Gasteiger partial charge on any atom is 0.255 e. The summed E-state index contributed by atoms with van der Waals surface area (Å²) in [4.78, 5) is 20.0. The number of anilines is 1. The van der Waals surface area contributed by atoms with Crippen LogP contribution >= 0.6 is 0 Å². The molecule has 3 heterocycles. The Morgan fingerprint density at radius 3 is 2.41 bits per heavy atom. The van der Waals surface area contributed by atoms with E-state index in [1.807, 2.05) is 91.9 Å². The quantitative estimate of drug-likeness (QED) is 0.160. The minimum atomic E-state index is -0.165. The van der Waals surface area contributed by atoms with E-state index in [1.165, 1.54) is 0 Å². The van der Waals surface area contributed by atoms with Gasteiger partial charge in [-0.25, -0.2) is 0 Å². The molecule has 4 N–H and O–H groups in total. The predicted octanol–water partition coefficient (Wildman–Crippen LogP) is 9.21. The lowest BCUT2D eigenvalue weighted by Crippen LogP contribution is -2.11. The lowest BCUT2D eigenvalue weighted by atomic mass is 10.0. The van der Waals surface area contributed by atoms with Crippen LogP contribution < -0.4 is 10.1 Å². The molecule has 0 radical (unpaired) electrons. The van der Waals surface area contributed by atoms with Crippen molar-refractivity contribution in [2.24, 2.45) is 0 Å². The standard InChI is InChI=1S/C37H27N5O2/c1-22-8-6-10-24(18-22)37(43)38-25-11-7-12-26(20-25)44-27-16-17-29-32(21-27)41-42-35(29)34-28-13-3-5-15-31(28)40-36(34)33-19-23-9-2-4-14-30(23)39-33/h2-21,39-40H,1H3,(H,38,43)(H,41,42). The van der Waals surface area contributed by atoms with Crippen LogP contribution in [0.2, 0.25) is 0 Å². The van der Waals surface area contributed by atoms with Crippen LogP contribution in [0.1, 0.15) is 15.9 Å². The van der Waals surface area contributed by atoms with E-state index in [9.17, 15) is 4.79 Å². The molecule has 0 saturated carbocycles. The summed E-state index contributed by atoms with van der Waals surface area (Å²) < 4.78 is 6.22. The van der Waals surface area contributed by atoms with E-state index in [-0.39, 0.29) is 5.91 Å². The van der Waals surface area contributed by atoms with Crippen LogP contribution in [0.15, 0.2) is 121 Å². The molecular weight excluding hydrogens is 546 g/mol. The summed E-state index contributed by atoms with van der Waals surface area (Å²) in [5.41, 5.74) is 9.16. The Bertz CT molecular complexity index is 2310. The second kappa shape index (κ2) is 10.3. The zero-order valence-corrected chi connectivity index (χ0v) is 23.8. The van der Waals surface area contributed by atoms with Crippen LogP contribution in [0.5, 0.6) is 11.5 Å². The van der Waals surface area contributed by atoms with Crippen LogP contribution in [0.4, 0.5) is 5.69 Å². The third-order valence-electron chi connectivity index (χ3n) is 7.88. The predicted molar refractivity (Wildman–Crippen MR) is 176 cm³/mol. The van der Waals surface area contributed by atoms with Gasteiger partial charge in [-0.2, -0.15) is 5.10 Å². The number of fused-ring (bicyclic) bond motifs is 3. The first kappa shape index (κ1) is 25.6. The van der Waals surface area contributed by atoms with Crippen molar-refractivity contribution >= 4 is 44.3 Å². The second-order valence-electron chi connectivity index (χ2n) is 10.9. The van der Waals surface area contributed by atoms with Gasteiger partial charge in [0.25, 0.3) is 5.91 Å². The minimum Gasteiger partial charge on any atom is -0.457 e. The number of ether oxygens (including phenoxy) is 1. The van der Waals surface area contributed by atoms with E-state index >= 15 is 0 Å². The Balaban J connectivity index is 1.12. The van der Waals surface area contributed by atoms with Gasteiger partial charge in [-0.15, -0.1) is 0 Å². The fourth-order valence-corrected chi connectivity index (χ4v) is 5.81. The molecule has 7 nitrogen and oxygen atoms in total. The molecule has 8 rings (SSSR count). The molecule has 44 heavy (non-hydrogen) atoms. The van der Waals surface area contributed by atoms with Crippen LogP contribution in [-0.2, 0) is 0 Å². The molecule has 3 aromatic heterocycles. The zero-order chi connectivity index (χ0) is 29.6. The number of benzene rings is 5. The molecule has 0 atom stereocenters. The largest absolute Gasteiger partial charge is 0.457 e. The molecule has 0 unspecified atom stereocenters. The zero-order valence-electron chi connectivity index (χ0n) is 23.8. The van der Waals surface area contributed by atoms with Gasteiger partial charge in [0.2, 0.25) is 0 Å². The number of aryl methyl sites for hydroxylation is 1. The fourth-order valence-electron chi connectivity index (χ4n) is 5.81. The number of nitrogens with one attached hydrogen (secondary N) is 4. The molecule has 0 saturated heterocycles. The number of hydrogen-bond donors (Lipinski definition) is 4. The maximum atomic E-state index is 12.8. The number of aromatic nitrogens is 4. The highest BCUT2D eigenvalue weighted by Gasteiger charge is 2.21. The molecule has 7 heteroatoms. The van der Waals surface area contributed by atoms with Gasteiger partial charge in [-0.1, -0.05) is 60.2 Å². The normalized spacial score (nSPS) is 11.4. The lowest BCUT2D eigenvalue weighted by molar-refractivity contribution is 0.102. The highest BCUT2D eigenvalue weighted by molar-refractivity contribution is 6.09. The average molecular weight is 574 g/mol. The third kappa shape index (κ3) is 4.57. The monoisotopic (exact) mass is 573 g/mol. The third-order valence-corrected chi connectivity index (χ3v) is 7.88. The first-order valence-corrected chi connectivity index (χ1v) is 14.4. The van der Waals surface area contributed by atoms with Gasteiger partial charge >= 0.3 is 0 Å². The van der Waals surface area contributed by atoms with E-state index in [2.05, 4.69) is 50.7 Å². The first-order chi connectivity index (χ1) is 21.6. The molecule has 0 fully saturated rings. The van der Waals surface area contributed by atoms with Crippen molar-refractivity contribution in [3.63, 3.8) is 0 Å². The summed E-state index contributed by atoms with van der Waals surface area (Å²) in [6.07, 6.45) is 0. The summed E-state index contributed by atoms with van der Waals surface area (Å²) in [5, 5.41) is 14.2. The summed E-state index contributed by atoms with van der Waals surface area (Å²) in [5.74, 6) is 1.11. The molecule has 212 valence electrons. The van der Waals surface area contributed by atoms with Crippen molar-refractivity contribution in [2.75, 3.05) is 5.32 Å². The van der Waals surface area contributed by atoms with Gasteiger partial charge in [0.15, 0.2) is 0 Å². The van der Waals surface area contributed by atoms with Gasteiger partial charge in [0.1, 0.15) is 17.2 Å². The number of rotatable bonds is 6. The lowest BCUT2D eigenvalue weighted by Gasteiger charge is -2.10. The van der Waals surface area contributed by atoms with Crippen LogP contribution in [0, 0.1) is 6.92 Å². The molecule has 8 aromatic rings. The Morgan fingerprint density at radius 1 is 0.705 bits per heavy atom. The Morgan fingerprint density at radius 2 is 1.52 bits per heavy atom. The molecule has 0 spiro atoms. The summed E-state index contributed by atoms with van der Waals surface area (Å²) in [7, 11) is 0. The summed E-state index contributed by atoms with van der Waals surface area (Å²) in [6.45, 7) is 1.97. The van der Waals surface area contributed by atoms with Crippen molar-refractivity contribution in [3.8, 4) is 34.1 Å². The number of aromatic amines is 3. The highest BCUT2D eigenvalue weighted by atomic mass is 16.5. The maximum absolute atomic E-state index is 12.8. The number of hydrogen-bond acceptors (Lipinski definition) is 3. The molecular formula is C37H27N5O2. The molecule has 1 amide bonds. The van der Waals surface area contributed by atoms with Crippen molar-refractivity contribution in [1.29, 1.82) is 0 Å². The van der Waals surface area contributed by atoms with E-state index in [0.717, 1.165) is 60.9 Å². The van der Waals surface area contributed by atoms with Gasteiger partial charge in [-0.3, -0.25) is 9.89 Å². The highest BCUT2D eigenvalue weighted by Crippen LogP contribution is 2.41. The molecule has 0 bridgehead atoms. The van der Waals surface area contributed by atoms with Gasteiger partial charge in [0, 0.05) is 56.1 Å². The number of nitrogens with zero attached hydrogens (tertiary/aromatic N) is 1. The van der Waals surface area contributed by atoms with Crippen LogP contribution in [0.25, 0.3) is 55.4 Å². The second-order valence-corrected chi connectivity index (χ2v) is 10.9. The van der Waals surface area contributed by atoms with E-state index in [0.29, 0.717) is 22.7 Å². The van der Waals surface area contributed by atoms with Crippen molar-refractivity contribution in [3.05, 3.63) is 132 Å². The van der Waals surface area contributed by atoms with E-state index < -0.39 is 0 Å². The minimum absolute atomic E-state index is 0.165. The SMILES string of the molecule is Cc1cccc(C(=O)Nc2cccc(Oc3ccc4c(-c5c(-c6cc7ccccc7[nH]6)[nH]c6ccccc56)n[nH]c4c3)c2)c1. The van der Waals surface area contributed by atoms with Crippen LogP contribution in [-0.4, -0.2) is 26.1 Å². The molecule has 0 aliphatic heterocycles. The smallest absolute Gasteiger partial charge is 0.255 e. The van der Waals surface area contributed by atoms with Crippen molar-refractivity contribution in [1.82, 2.24) is 20.2 Å². The van der Waals surface area contributed by atoms with Crippen molar-refractivity contribution < 1.29 is 9.53 Å². The number of para-hydroxylation sites is 2. The first-order valence-electron chi connectivity index (χ1n) is 14.4. The van der Waals surface area contributed by atoms with Gasteiger partial charge in [0.05, 0.1) is 16.9 Å². The fraction of sp³-hybridized carbons (Fsp3) is 0.0270. The van der Waals surface area contributed by atoms with Crippen molar-refractivity contribution in [2.45, 2.75) is 6.92 Å². The molecule has 0 aliphatic carbocycles. The van der Waals surface area contributed by atoms with E-state index in [4.69, 9.17) is 9.84 Å². The number of carbonyl (C=O) groups is 1.